The summed E-state index contributed by atoms with van der Waals surface area (Å²) in [6, 6.07) is 1.50. The van der Waals surface area contributed by atoms with Gasteiger partial charge in [-0.2, -0.15) is 5.10 Å². The first-order chi connectivity index (χ1) is 16.5. The van der Waals surface area contributed by atoms with Crippen molar-refractivity contribution in [3.63, 3.8) is 0 Å². The average Bonchev–Trinajstić information content (AvgIpc) is 3.47. The van der Waals surface area contributed by atoms with Gasteiger partial charge in [-0.15, -0.1) is 13.2 Å². The second-order valence-corrected chi connectivity index (χ2v) is 8.63. The monoisotopic (exact) mass is 499 g/mol. The Balaban J connectivity index is 1.46. The lowest BCUT2D eigenvalue weighted by atomic mass is 10.0. The van der Waals surface area contributed by atoms with Crippen LogP contribution in [0, 0.1) is 6.92 Å². The molecule has 1 saturated carbocycles. The first kappa shape index (κ1) is 24.7. The first-order valence-electron chi connectivity index (χ1n) is 11.0. The lowest BCUT2D eigenvalue weighted by Gasteiger charge is -2.18. The zero-order chi connectivity index (χ0) is 25.3. The number of aromatic nitrogens is 5. The molecule has 3 N–H and O–H groups in total. The van der Waals surface area contributed by atoms with E-state index in [1.165, 1.54) is 16.8 Å². The molecule has 3 aromatic rings. The Kier molecular flexibility index (Phi) is 6.83. The van der Waals surface area contributed by atoms with Crippen LogP contribution < -0.4 is 10.6 Å². The van der Waals surface area contributed by atoms with E-state index in [9.17, 15) is 22.4 Å². The molecule has 3 heterocycles. The minimum absolute atomic E-state index is 0.0722. The number of carbonyl (C=O) groups excluding carboxylic acids is 1. The summed E-state index contributed by atoms with van der Waals surface area (Å²) in [5, 5.41) is 12.5. The molecule has 0 unspecified atom stereocenters. The number of hydrogen-bond donors (Lipinski definition) is 3. The van der Waals surface area contributed by atoms with Crippen LogP contribution in [0.5, 0.6) is 0 Å². The third kappa shape index (κ3) is 5.81. The van der Waals surface area contributed by atoms with E-state index in [1.54, 1.807) is 26.8 Å². The summed E-state index contributed by atoms with van der Waals surface area (Å²) in [6.07, 6.45) is -3.96. The number of halogens is 4. The summed E-state index contributed by atoms with van der Waals surface area (Å²) in [4.78, 5) is 20.3. The molecule has 3 aromatic heterocycles. The fourth-order valence-corrected chi connectivity index (χ4v) is 3.95. The Morgan fingerprint density at radius 1 is 1.34 bits per heavy atom. The van der Waals surface area contributed by atoms with E-state index in [2.05, 4.69) is 35.5 Å². The van der Waals surface area contributed by atoms with Gasteiger partial charge in [0, 0.05) is 41.7 Å². The van der Waals surface area contributed by atoms with Crippen molar-refractivity contribution in [2.75, 3.05) is 5.32 Å². The largest absolute Gasteiger partial charge is 0.522 e. The molecule has 3 atom stereocenters. The van der Waals surface area contributed by atoms with Crippen LogP contribution in [0.15, 0.2) is 18.5 Å². The molecule has 0 aliphatic heterocycles. The summed E-state index contributed by atoms with van der Waals surface area (Å²) in [5.74, 6) is 0.0398. The van der Waals surface area contributed by atoms with Crippen LogP contribution >= 0.6 is 0 Å². The van der Waals surface area contributed by atoms with Crippen LogP contribution in [0.4, 0.5) is 34.1 Å². The Morgan fingerprint density at radius 3 is 2.83 bits per heavy atom. The summed E-state index contributed by atoms with van der Waals surface area (Å²) < 4.78 is 62.7. The van der Waals surface area contributed by atoms with E-state index in [4.69, 9.17) is 4.74 Å². The number of carbonyl (C=O) groups is 1. The standard InChI is InChI=1S/C21H25F4N7O3/c1-10(2)27-20(33)35-15-5-4-13(17(15)22)14-6-16(31-30-14)29-19-26-7-11(3)18-28-12(8-32(18)19)9-34-21(23,24)25/h6-8,10,13,15,17H,4-5,9H2,1-3H3,(H,27,33)(H2,26,29,30,31)/t13-,15-,17+/m1/s1. The van der Waals surface area contributed by atoms with E-state index < -0.39 is 37.3 Å². The van der Waals surface area contributed by atoms with Crippen molar-refractivity contribution in [1.29, 1.82) is 0 Å². The molecule has 1 aliphatic carbocycles. The van der Waals surface area contributed by atoms with Crippen molar-refractivity contribution in [3.05, 3.63) is 35.4 Å². The van der Waals surface area contributed by atoms with Crippen LogP contribution in [0.3, 0.4) is 0 Å². The van der Waals surface area contributed by atoms with Gasteiger partial charge in [-0.3, -0.25) is 14.2 Å². The maximum absolute atomic E-state index is 15.0. The van der Waals surface area contributed by atoms with Gasteiger partial charge in [-0.25, -0.2) is 19.2 Å². The first-order valence-corrected chi connectivity index (χ1v) is 11.0. The van der Waals surface area contributed by atoms with Crippen molar-refractivity contribution < 1.29 is 31.8 Å². The van der Waals surface area contributed by atoms with E-state index in [0.717, 1.165) is 0 Å². The highest BCUT2D eigenvalue weighted by atomic mass is 19.4. The lowest BCUT2D eigenvalue weighted by molar-refractivity contribution is -0.330. The number of hydrogen-bond acceptors (Lipinski definition) is 7. The summed E-state index contributed by atoms with van der Waals surface area (Å²) in [6.45, 7) is 4.54. The maximum atomic E-state index is 15.0. The molecule has 0 spiro atoms. The summed E-state index contributed by atoms with van der Waals surface area (Å²) in [5.41, 5.74) is 1.64. The van der Waals surface area contributed by atoms with Gasteiger partial charge in [0.05, 0.1) is 12.3 Å². The van der Waals surface area contributed by atoms with Gasteiger partial charge in [0.15, 0.2) is 5.82 Å². The van der Waals surface area contributed by atoms with Crippen molar-refractivity contribution in [2.45, 2.75) is 70.8 Å². The molecule has 35 heavy (non-hydrogen) atoms. The second-order valence-electron chi connectivity index (χ2n) is 8.63. The molecule has 0 saturated heterocycles. The third-order valence-electron chi connectivity index (χ3n) is 5.50. The van der Waals surface area contributed by atoms with Gasteiger partial charge in [-0.05, 0) is 33.6 Å². The van der Waals surface area contributed by atoms with Crippen LogP contribution in [-0.4, -0.2) is 55.3 Å². The van der Waals surface area contributed by atoms with E-state index in [-0.39, 0.29) is 17.7 Å². The number of aryl methyl sites for hydroxylation is 1. The number of amides is 1. The fraction of sp³-hybridized carbons (Fsp3) is 0.524. The lowest BCUT2D eigenvalue weighted by Crippen LogP contribution is -2.36. The van der Waals surface area contributed by atoms with Gasteiger partial charge in [0.25, 0.3) is 0 Å². The minimum Gasteiger partial charge on any atom is -0.443 e. The third-order valence-corrected chi connectivity index (χ3v) is 5.50. The van der Waals surface area contributed by atoms with Crippen molar-refractivity contribution in [3.8, 4) is 0 Å². The Hall–Kier alpha value is -3.42. The zero-order valence-electron chi connectivity index (χ0n) is 19.2. The van der Waals surface area contributed by atoms with Gasteiger partial charge in [0.2, 0.25) is 5.95 Å². The molecule has 14 heteroatoms. The number of aromatic amines is 1. The Morgan fingerprint density at radius 2 is 2.11 bits per heavy atom. The van der Waals surface area contributed by atoms with Crippen molar-refractivity contribution in [2.24, 2.45) is 0 Å². The molecule has 0 bridgehead atoms. The minimum atomic E-state index is -4.77. The number of alkyl halides is 4. The molecule has 190 valence electrons. The highest BCUT2D eigenvalue weighted by Gasteiger charge is 2.41. The second kappa shape index (κ2) is 9.68. The number of anilines is 2. The molecule has 1 fully saturated rings. The van der Waals surface area contributed by atoms with Gasteiger partial charge < -0.3 is 15.4 Å². The molecular formula is C21H25F4N7O3. The average molecular weight is 499 g/mol. The van der Waals surface area contributed by atoms with E-state index >= 15 is 0 Å². The van der Waals surface area contributed by atoms with Gasteiger partial charge in [0.1, 0.15) is 17.9 Å². The van der Waals surface area contributed by atoms with Crippen molar-refractivity contribution in [1.82, 2.24) is 29.9 Å². The Labute approximate surface area is 197 Å². The quantitative estimate of drug-likeness (QED) is 0.416. The highest BCUT2D eigenvalue weighted by Crippen LogP contribution is 2.38. The normalized spacial score (nSPS) is 20.5. The van der Waals surface area contributed by atoms with Crippen LogP contribution in [0.2, 0.25) is 0 Å². The Bertz CT molecular complexity index is 1190. The number of H-pyrrole nitrogens is 1. The molecule has 1 amide bonds. The highest BCUT2D eigenvalue weighted by molar-refractivity contribution is 5.67. The number of alkyl carbamates (subject to hydrolysis) is 1. The number of nitrogens with one attached hydrogen (secondary N) is 3. The molecular weight excluding hydrogens is 474 g/mol. The van der Waals surface area contributed by atoms with Gasteiger partial charge in [-0.1, -0.05) is 0 Å². The van der Waals surface area contributed by atoms with Crippen LogP contribution in [0.25, 0.3) is 5.65 Å². The number of ether oxygens (including phenoxy) is 2. The number of fused-ring (bicyclic) bond motifs is 1. The predicted molar refractivity (Wildman–Crippen MR) is 116 cm³/mol. The molecule has 1 aliphatic rings. The number of imidazole rings is 1. The van der Waals surface area contributed by atoms with Crippen LogP contribution in [0.1, 0.15) is 49.6 Å². The number of nitrogens with zero attached hydrogens (tertiary/aromatic N) is 4. The van der Waals surface area contributed by atoms with Gasteiger partial charge >= 0.3 is 12.5 Å². The predicted octanol–water partition coefficient (Wildman–Crippen LogP) is 4.26. The topological polar surface area (TPSA) is 118 Å². The van der Waals surface area contributed by atoms with Crippen molar-refractivity contribution >= 4 is 23.5 Å². The fourth-order valence-electron chi connectivity index (χ4n) is 3.95. The van der Waals surface area contributed by atoms with E-state index in [0.29, 0.717) is 35.6 Å². The zero-order valence-corrected chi connectivity index (χ0v) is 19.2. The SMILES string of the molecule is Cc1cnc(Nc2cc([C@H]3CC[C@@H](OC(=O)NC(C)C)[C@H]3F)[nH]n2)n2cc(COC(F)(F)F)nc12. The smallest absolute Gasteiger partial charge is 0.443 e. The summed E-state index contributed by atoms with van der Waals surface area (Å²) in [7, 11) is 0. The molecule has 0 aromatic carbocycles. The number of rotatable bonds is 7. The molecule has 4 rings (SSSR count). The van der Waals surface area contributed by atoms with E-state index in [1.807, 2.05) is 0 Å². The maximum Gasteiger partial charge on any atom is 0.522 e. The summed E-state index contributed by atoms with van der Waals surface area (Å²) >= 11 is 0. The van der Waals surface area contributed by atoms with Crippen LogP contribution in [-0.2, 0) is 16.1 Å². The molecule has 10 nitrogen and oxygen atoms in total. The molecule has 0 radical (unpaired) electrons.